The molecule has 0 atom stereocenters. The average molecular weight is 280 g/mol. The lowest BCUT2D eigenvalue weighted by atomic mass is 10.1. The molecule has 112 valence electrons. The second kappa shape index (κ2) is 7.75. The van der Waals surface area contributed by atoms with Crippen LogP contribution in [0.3, 0.4) is 0 Å². The van der Waals surface area contributed by atoms with Crippen molar-refractivity contribution in [3.63, 3.8) is 0 Å². The van der Waals surface area contributed by atoms with Crippen molar-refractivity contribution in [2.45, 2.75) is 27.3 Å². The first-order valence-electron chi connectivity index (χ1n) is 6.88. The first kappa shape index (κ1) is 16.3. The summed E-state index contributed by atoms with van der Waals surface area (Å²) in [6.45, 7) is 7.89. The fourth-order valence-electron chi connectivity index (χ4n) is 2.13. The molecule has 0 aliphatic carbocycles. The summed E-state index contributed by atoms with van der Waals surface area (Å²) >= 11 is 0. The zero-order chi connectivity index (χ0) is 15.1. The molecular weight excluding hydrogens is 256 g/mol. The summed E-state index contributed by atoms with van der Waals surface area (Å²) in [6.07, 6.45) is 0. The van der Waals surface area contributed by atoms with Crippen molar-refractivity contribution in [3.05, 3.63) is 23.8 Å². The van der Waals surface area contributed by atoms with Gasteiger partial charge in [-0.15, -0.1) is 0 Å². The minimum Gasteiger partial charge on any atom is -0.504 e. The van der Waals surface area contributed by atoms with Gasteiger partial charge in [0.15, 0.2) is 11.5 Å². The predicted octanol–water partition coefficient (Wildman–Crippen LogP) is 1.73. The van der Waals surface area contributed by atoms with Gasteiger partial charge < -0.3 is 15.6 Å². The summed E-state index contributed by atoms with van der Waals surface area (Å²) in [5.74, 6) is 0.638. The van der Waals surface area contributed by atoms with Crippen LogP contribution in [0.1, 0.15) is 26.3 Å². The Balaban J connectivity index is 2.86. The van der Waals surface area contributed by atoms with E-state index < -0.39 is 0 Å². The zero-order valence-electron chi connectivity index (χ0n) is 12.4. The Kier molecular flexibility index (Phi) is 6.31. The van der Waals surface area contributed by atoms with E-state index in [9.17, 15) is 9.90 Å². The highest BCUT2D eigenvalue weighted by molar-refractivity contribution is 5.75. The summed E-state index contributed by atoms with van der Waals surface area (Å²) in [5.41, 5.74) is 6.00. The quantitative estimate of drug-likeness (QED) is 0.760. The number of phenols is 1. The number of phenolic OH excluding ortho intramolecular Hbond substituents is 1. The number of nitrogens with zero attached hydrogens (tertiary/aromatic N) is 1. The number of nitrogens with two attached hydrogens (primary N) is 1. The second-order valence-electron chi connectivity index (χ2n) is 5.23. The zero-order valence-corrected chi connectivity index (χ0v) is 12.4. The minimum atomic E-state index is -0.369. The number of primary amides is 1. The van der Waals surface area contributed by atoms with E-state index in [1.807, 2.05) is 24.0 Å². The van der Waals surface area contributed by atoms with Gasteiger partial charge in [0.25, 0.3) is 0 Å². The third kappa shape index (κ3) is 5.09. The molecule has 0 radical (unpaired) electrons. The molecule has 1 aromatic rings. The normalized spacial score (nSPS) is 11.1. The van der Waals surface area contributed by atoms with Gasteiger partial charge in [-0.1, -0.05) is 26.0 Å². The van der Waals surface area contributed by atoms with Crippen molar-refractivity contribution < 1.29 is 14.6 Å². The Morgan fingerprint density at radius 2 is 2.15 bits per heavy atom. The molecule has 0 bridgehead atoms. The van der Waals surface area contributed by atoms with Gasteiger partial charge in [0, 0.05) is 18.7 Å². The van der Waals surface area contributed by atoms with Crippen LogP contribution >= 0.6 is 0 Å². The number of hydrogen-bond donors (Lipinski definition) is 2. The topological polar surface area (TPSA) is 75.8 Å². The minimum absolute atomic E-state index is 0.132. The molecule has 0 aliphatic heterocycles. The molecule has 0 saturated carbocycles. The van der Waals surface area contributed by atoms with Gasteiger partial charge >= 0.3 is 0 Å². The van der Waals surface area contributed by atoms with Crippen LogP contribution in [0.2, 0.25) is 0 Å². The smallest absolute Gasteiger partial charge is 0.231 e. The SMILES string of the molecule is CCOc1cccc(CN(CC(N)=O)CC(C)C)c1O. The van der Waals surface area contributed by atoms with Crippen LogP contribution in [0.4, 0.5) is 0 Å². The maximum atomic E-state index is 11.1. The van der Waals surface area contributed by atoms with Gasteiger partial charge in [0.05, 0.1) is 13.2 Å². The van der Waals surface area contributed by atoms with Crippen LogP contribution in [0.15, 0.2) is 18.2 Å². The third-order valence-electron chi connectivity index (χ3n) is 2.78. The predicted molar refractivity (Wildman–Crippen MR) is 78.6 cm³/mol. The number of carbonyl (C=O) groups is 1. The number of para-hydroxylation sites is 1. The fourth-order valence-corrected chi connectivity index (χ4v) is 2.13. The Labute approximate surface area is 120 Å². The molecule has 0 aliphatic rings. The Hall–Kier alpha value is -1.75. The van der Waals surface area contributed by atoms with E-state index in [4.69, 9.17) is 10.5 Å². The molecule has 0 spiro atoms. The van der Waals surface area contributed by atoms with Crippen LogP contribution in [-0.2, 0) is 11.3 Å². The van der Waals surface area contributed by atoms with Crippen molar-refractivity contribution in [3.8, 4) is 11.5 Å². The molecular formula is C15H24N2O3. The molecule has 0 saturated heterocycles. The van der Waals surface area contributed by atoms with E-state index in [2.05, 4.69) is 13.8 Å². The van der Waals surface area contributed by atoms with Gasteiger partial charge in [-0.25, -0.2) is 0 Å². The molecule has 0 heterocycles. The average Bonchev–Trinajstić information content (AvgIpc) is 2.32. The Morgan fingerprint density at radius 3 is 2.70 bits per heavy atom. The maximum absolute atomic E-state index is 11.1. The molecule has 0 aromatic heterocycles. The third-order valence-corrected chi connectivity index (χ3v) is 2.78. The maximum Gasteiger partial charge on any atom is 0.231 e. The molecule has 3 N–H and O–H groups in total. The van der Waals surface area contributed by atoms with Crippen LogP contribution in [-0.4, -0.2) is 35.6 Å². The molecule has 0 fully saturated rings. The number of rotatable bonds is 8. The summed E-state index contributed by atoms with van der Waals surface area (Å²) in [7, 11) is 0. The molecule has 5 nitrogen and oxygen atoms in total. The number of benzene rings is 1. The highest BCUT2D eigenvalue weighted by atomic mass is 16.5. The van der Waals surface area contributed by atoms with Gasteiger partial charge in [0.2, 0.25) is 5.91 Å². The molecule has 20 heavy (non-hydrogen) atoms. The van der Waals surface area contributed by atoms with Gasteiger partial charge in [-0.05, 0) is 18.9 Å². The van der Waals surface area contributed by atoms with Gasteiger partial charge in [-0.3, -0.25) is 9.69 Å². The Morgan fingerprint density at radius 1 is 1.45 bits per heavy atom. The number of hydrogen-bond acceptors (Lipinski definition) is 4. The standard InChI is InChI=1S/C15H24N2O3/c1-4-20-13-7-5-6-12(15(13)19)9-17(8-11(2)3)10-14(16)18/h5-7,11,19H,4,8-10H2,1-3H3,(H2,16,18). The van der Waals surface area contributed by atoms with E-state index >= 15 is 0 Å². The first-order chi connectivity index (χ1) is 9.43. The molecule has 1 amide bonds. The number of amides is 1. The summed E-state index contributed by atoms with van der Waals surface area (Å²) in [5, 5.41) is 10.2. The lowest BCUT2D eigenvalue weighted by Gasteiger charge is -2.23. The van der Waals surface area contributed by atoms with Crippen LogP contribution in [0.5, 0.6) is 11.5 Å². The van der Waals surface area contributed by atoms with Crippen molar-refractivity contribution in [1.29, 1.82) is 0 Å². The van der Waals surface area contributed by atoms with Crippen LogP contribution < -0.4 is 10.5 Å². The van der Waals surface area contributed by atoms with Crippen LogP contribution in [0.25, 0.3) is 0 Å². The largest absolute Gasteiger partial charge is 0.504 e. The molecule has 1 aromatic carbocycles. The lowest BCUT2D eigenvalue weighted by molar-refractivity contribution is -0.119. The molecule has 5 heteroatoms. The highest BCUT2D eigenvalue weighted by Crippen LogP contribution is 2.30. The lowest BCUT2D eigenvalue weighted by Crippen LogP contribution is -2.35. The summed E-state index contributed by atoms with van der Waals surface area (Å²) in [4.78, 5) is 13.1. The van der Waals surface area contributed by atoms with Crippen molar-refractivity contribution >= 4 is 5.91 Å². The van der Waals surface area contributed by atoms with E-state index in [1.54, 1.807) is 6.07 Å². The van der Waals surface area contributed by atoms with Crippen molar-refractivity contribution in [2.24, 2.45) is 11.7 Å². The monoisotopic (exact) mass is 280 g/mol. The number of ether oxygens (including phenoxy) is 1. The molecule has 0 unspecified atom stereocenters. The fraction of sp³-hybridized carbons (Fsp3) is 0.533. The molecule has 1 rings (SSSR count). The van der Waals surface area contributed by atoms with Crippen LogP contribution in [0, 0.1) is 5.92 Å². The van der Waals surface area contributed by atoms with E-state index in [0.717, 1.165) is 12.1 Å². The highest BCUT2D eigenvalue weighted by Gasteiger charge is 2.15. The van der Waals surface area contributed by atoms with Crippen molar-refractivity contribution in [2.75, 3.05) is 19.7 Å². The van der Waals surface area contributed by atoms with Crippen molar-refractivity contribution in [1.82, 2.24) is 4.90 Å². The summed E-state index contributed by atoms with van der Waals surface area (Å²) in [6, 6.07) is 5.38. The number of carbonyl (C=O) groups excluding carboxylic acids is 1. The van der Waals surface area contributed by atoms with E-state index in [-0.39, 0.29) is 18.2 Å². The van der Waals surface area contributed by atoms with E-state index in [1.165, 1.54) is 0 Å². The number of aromatic hydroxyl groups is 1. The van der Waals surface area contributed by atoms with Gasteiger partial charge in [-0.2, -0.15) is 0 Å². The summed E-state index contributed by atoms with van der Waals surface area (Å²) < 4.78 is 5.36. The second-order valence-corrected chi connectivity index (χ2v) is 5.23. The van der Waals surface area contributed by atoms with Gasteiger partial charge in [0.1, 0.15) is 0 Å². The Bertz CT molecular complexity index is 447. The van der Waals surface area contributed by atoms with E-state index in [0.29, 0.717) is 24.8 Å². The first-order valence-corrected chi connectivity index (χ1v) is 6.88.